The Labute approximate surface area is 216 Å². The van der Waals surface area contributed by atoms with Gasteiger partial charge in [-0.1, -0.05) is 41.7 Å². The van der Waals surface area contributed by atoms with Crippen LogP contribution in [-0.4, -0.2) is 35.9 Å². The zero-order valence-corrected chi connectivity index (χ0v) is 22.0. The third-order valence-corrected chi connectivity index (χ3v) is 8.19. The van der Waals surface area contributed by atoms with Crippen LogP contribution in [0, 0.1) is 0 Å². The van der Waals surface area contributed by atoms with E-state index in [0.717, 1.165) is 21.7 Å². The van der Waals surface area contributed by atoms with Crippen molar-refractivity contribution in [1.82, 2.24) is 4.57 Å². The van der Waals surface area contributed by atoms with Crippen LogP contribution in [0.25, 0.3) is 5.57 Å². The van der Waals surface area contributed by atoms with Crippen molar-refractivity contribution in [2.75, 3.05) is 24.3 Å². The highest BCUT2D eigenvalue weighted by Gasteiger charge is 2.36. The second kappa shape index (κ2) is 9.55. The van der Waals surface area contributed by atoms with Crippen molar-refractivity contribution in [2.24, 2.45) is 4.99 Å². The van der Waals surface area contributed by atoms with Gasteiger partial charge >= 0.3 is 5.97 Å². The number of nitrogens with zero attached hydrogens (tertiary/aromatic N) is 3. The van der Waals surface area contributed by atoms with Crippen molar-refractivity contribution < 1.29 is 14.3 Å². The first-order chi connectivity index (χ1) is 17.4. The fraction of sp³-hybridized carbons (Fsp3) is 0.259. The molecule has 1 atom stereocenters. The number of benzene rings is 2. The summed E-state index contributed by atoms with van der Waals surface area (Å²) in [5.41, 5.74) is 3.16. The van der Waals surface area contributed by atoms with Gasteiger partial charge in [-0.3, -0.25) is 14.2 Å². The highest BCUT2D eigenvalue weighted by Crippen LogP contribution is 2.35. The molecule has 3 aromatic rings. The van der Waals surface area contributed by atoms with Gasteiger partial charge in [0.05, 0.1) is 35.2 Å². The lowest BCUT2D eigenvalue weighted by atomic mass is 9.96. The number of thiazole rings is 1. The summed E-state index contributed by atoms with van der Waals surface area (Å²) in [6.45, 7) is 6.11. The highest BCUT2D eigenvalue weighted by atomic mass is 32.2. The topological polar surface area (TPSA) is 81.0 Å². The number of thioether (sulfide) groups is 1. The maximum absolute atomic E-state index is 14.0. The van der Waals surface area contributed by atoms with E-state index in [1.807, 2.05) is 61.7 Å². The van der Waals surface area contributed by atoms with Gasteiger partial charge in [0.25, 0.3) is 11.5 Å². The lowest BCUT2D eigenvalue weighted by molar-refractivity contribution is -0.139. The molecule has 0 saturated heterocycles. The molecule has 0 spiro atoms. The number of likely N-dealkylation sites (N-methyl/N-ethyl adjacent to an activating group) is 1. The summed E-state index contributed by atoms with van der Waals surface area (Å²) in [5, 5.41) is 0. The Hall–Kier alpha value is -3.43. The van der Waals surface area contributed by atoms with Gasteiger partial charge in [0.2, 0.25) is 0 Å². The molecule has 36 heavy (non-hydrogen) atoms. The van der Waals surface area contributed by atoms with Crippen LogP contribution in [0.1, 0.15) is 37.9 Å². The molecule has 2 aromatic carbocycles. The monoisotopic (exact) mass is 519 g/mol. The maximum atomic E-state index is 14.0. The molecule has 2 aliphatic heterocycles. The molecule has 1 aromatic heterocycles. The van der Waals surface area contributed by atoms with Crippen LogP contribution in [0.4, 0.5) is 5.69 Å². The van der Waals surface area contributed by atoms with Crippen LogP contribution in [0.2, 0.25) is 0 Å². The fourth-order valence-corrected chi connectivity index (χ4v) is 6.30. The Morgan fingerprint density at radius 2 is 1.83 bits per heavy atom. The predicted octanol–water partition coefficient (Wildman–Crippen LogP) is 3.26. The minimum absolute atomic E-state index is 0.203. The zero-order valence-electron chi connectivity index (χ0n) is 20.4. The van der Waals surface area contributed by atoms with E-state index in [2.05, 4.69) is 4.99 Å². The van der Waals surface area contributed by atoms with Crippen LogP contribution >= 0.6 is 23.1 Å². The third-order valence-electron chi connectivity index (χ3n) is 6.39. The van der Waals surface area contributed by atoms with Crippen LogP contribution in [-0.2, 0) is 14.3 Å². The normalized spacial score (nSPS) is 18.2. The smallest absolute Gasteiger partial charge is 0.338 e. The highest BCUT2D eigenvalue weighted by molar-refractivity contribution is 7.98. The number of rotatable bonds is 5. The average Bonchev–Trinajstić information content (AvgIpc) is 3.35. The Morgan fingerprint density at radius 3 is 2.50 bits per heavy atom. The van der Waals surface area contributed by atoms with Crippen molar-refractivity contribution in [2.45, 2.75) is 31.7 Å². The molecule has 0 unspecified atom stereocenters. The largest absolute Gasteiger partial charge is 0.463 e. The maximum Gasteiger partial charge on any atom is 0.338 e. The summed E-state index contributed by atoms with van der Waals surface area (Å²) in [6, 6.07) is 14.6. The van der Waals surface area contributed by atoms with Gasteiger partial charge in [-0.15, -0.1) is 11.8 Å². The number of aromatic nitrogens is 1. The van der Waals surface area contributed by atoms with Crippen LogP contribution in [0.3, 0.4) is 0 Å². The quantitative estimate of drug-likeness (QED) is 0.382. The molecular weight excluding hydrogens is 494 g/mol. The van der Waals surface area contributed by atoms with E-state index in [9.17, 15) is 14.4 Å². The summed E-state index contributed by atoms with van der Waals surface area (Å²) in [7, 11) is 0. The molecule has 0 aliphatic carbocycles. The van der Waals surface area contributed by atoms with E-state index in [1.165, 1.54) is 15.9 Å². The molecular formula is C27H25N3O4S2. The summed E-state index contributed by atoms with van der Waals surface area (Å²) >= 11 is 2.80. The Morgan fingerprint density at radius 1 is 1.11 bits per heavy atom. The first-order valence-corrected chi connectivity index (χ1v) is 13.7. The number of allylic oxidation sites excluding steroid dienone is 1. The molecule has 9 heteroatoms. The minimum Gasteiger partial charge on any atom is -0.463 e. The molecule has 3 heterocycles. The van der Waals surface area contributed by atoms with E-state index >= 15 is 0 Å². The van der Waals surface area contributed by atoms with E-state index < -0.39 is 12.0 Å². The number of hydrogen-bond donors (Lipinski definition) is 0. The van der Waals surface area contributed by atoms with Gasteiger partial charge in [0.1, 0.15) is 4.53 Å². The van der Waals surface area contributed by atoms with Crippen molar-refractivity contribution >= 4 is 46.2 Å². The lowest BCUT2D eigenvalue weighted by Crippen LogP contribution is -2.41. The zero-order chi connectivity index (χ0) is 25.6. The molecule has 2 aliphatic rings. The van der Waals surface area contributed by atoms with Gasteiger partial charge in [-0.05, 0) is 50.8 Å². The first-order valence-electron chi connectivity index (χ1n) is 11.7. The summed E-state index contributed by atoms with van der Waals surface area (Å²) in [6.07, 6.45) is 1.99. The second-order valence-electron chi connectivity index (χ2n) is 8.34. The van der Waals surface area contributed by atoms with E-state index in [-0.39, 0.29) is 18.1 Å². The molecule has 0 bridgehead atoms. The number of carbonyl (C=O) groups excluding carboxylic acids is 2. The van der Waals surface area contributed by atoms with Crippen LogP contribution < -0.4 is 19.8 Å². The number of fused-ring (bicyclic) bond motifs is 2. The molecule has 1 amide bonds. The summed E-state index contributed by atoms with van der Waals surface area (Å²) in [4.78, 5) is 48.4. The van der Waals surface area contributed by atoms with Gasteiger partial charge in [0.15, 0.2) is 4.80 Å². The molecule has 0 saturated carbocycles. The molecule has 7 nitrogen and oxygen atoms in total. The van der Waals surface area contributed by atoms with Crippen LogP contribution in [0.15, 0.2) is 74.5 Å². The minimum atomic E-state index is -0.709. The fourth-order valence-electron chi connectivity index (χ4n) is 4.76. The molecule has 184 valence electrons. The van der Waals surface area contributed by atoms with E-state index in [1.54, 1.807) is 30.5 Å². The number of para-hydroxylation sites is 1. The molecule has 0 fully saturated rings. The van der Waals surface area contributed by atoms with Gasteiger partial charge < -0.3 is 9.64 Å². The second-order valence-corrected chi connectivity index (χ2v) is 10.2. The number of esters is 1. The summed E-state index contributed by atoms with van der Waals surface area (Å²) in [5.74, 6) is -0.707. The summed E-state index contributed by atoms with van der Waals surface area (Å²) < 4.78 is 7.22. The van der Waals surface area contributed by atoms with Gasteiger partial charge in [0, 0.05) is 17.0 Å². The molecule has 0 N–H and O–H groups in total. The number of hydrogen-bond acceptors (Lipinski definition) is 7. The Kier molecular flexibility index (Phi) is 6.44. The SMILES string of the molecule is CCOC(=O)C1=C(C)N=c2s/c(=C3\C(=O)N(CC)c4ccccc43)c(=O)n2[C@@H]1c1ccc(SC)cc1. The standard InChI is InChI=1S/C27H25N3O4S2/c1-5-29-19-10-8-7-9-18(19)21(24(29)31)23-25(32)30-22(16-11-13-17(35-4)14-12-16)20(26(33)34-6-2)15(3)28-27(30)36-23/h7-14,22H,5-6H2,1-4H3/b23-21-/t22-/m1/s1. The molecule has 0 radical (unpaired) electrons. The predicted molar refractivity (Wildman–Crippen MR) is 142 cm³/mol. The average molecular weight is 520 g/mol. The van der Waals surface area contributed by atoms with Crippen LogP contribution in [0.5, 0.6) is 0 Å². The number of anilines is 1. The number of amides is 1. The van der Waals surface area contributed by atoms with Crippen molar-refractivity contribution in [3.05, 3.63) is 90.6 Å². The first kappa shape index (κ1) is 24.3. The molecule has 5 rings (SSSR count). The van der Waals surface area contributed by atoms with Gasteiger partial charge in [-0.2, -0.15) is 0 Å². The van der Waals surface area contributed by atoms with E-state index in [4.69, 9.17) is 4.74 Å². The van der Waals surface area contributed by atoms with Crippen molar-refractivity contribution in [3.63, 3.8) is 0 Å². The van der Waals surface area contributed by atoms with Crippen molar-refractivity contribution in [3.8, 4) is 0 Å². The number of ether oxygens (including phenoxy) is 1. The third kappa shape index (κ3) is 3.74. The van der Waals surface area contributed by atoms with E-state index in [0.29, 0.717) is 32.7 Å². The van der Waals surface area contributed by atoms with Crippen molar-refractivity contribution in [1.29, 1.82) is 0 Å². The lowest BCUT2D eigenvalue weighted by Gasteiger charge is -2.24. The Bertz CT molecular complexity index is 1600. The number of carbonyl (C=O) groups is 2. The van der Waals surface area contributed by atoms with Gasteiger partial charge in [-0.25, -0.2) is 9.79 Å². The Balaban J connectivity index is 1.81.